The first-order valence-electron chi connectivity index (χ1n) is 7.09. The molecular formula is C15H19FN2O4S. The van der Waals surface area contributed by atoms with Gasteiger partial charge in [-0.3, -0.25) is 14.4 Å². The molecule has 0 heterocycles. The van der Waals surface area contributed by atoms with Crippen LogP contribution in [0.2, 0.25) is 0 Å². The van der Waals surface area contributed by atoms with Crippen molar-refractivity contribution in [1.82, 2.24) is 5.32 Å². The molecule has 6 nitrogen and oxygen atoms in total. The lowest BCUT2D eigenvalue weighted by Crippen LogP contribution is -2.34. The van der Waals surface area contributed by atoms with Crippen LogP contribution in [0.5, 0.6) is 0 Å². The van der Waals surface area contributed by atoms with E-state index in [-0.39, 0.29) is 36.4 Å². The van der Waals surface area contributed by atoms with Gasteiger partial charge in [0.05, 0.1) is 17.4 Å². The van der Waals surface area contributed by atoms with Crippen molar-refractivity contribution in [2.45, 2.75) is 25.0 Å². The lowest BCUT2D eigenvalue weighted by molar-refractivity contribution is -0.137. The number of rotatable bonds is 9. The second kappa shape index (κ2) is 9.83. The van der Waals surface area contributed by atoms with E-state index in [0.717, 1.165) is 0 Å². The van der Waals surface area contributed by atoms with E-state index in [1.165, 1.54) is 36.0 Å². The molecular weight excluding hydrogens is 323 g/mol. The van der Waals surface area contributed by atoms with Gasteiger partial charge in [0, 0.05) is 12.2 Å². The van der Waals surface area contributed by atoms with Gasteiger partial charge >= 0.3 is 5.97 Å². The predicted octanol–water partition coefficient (Wildman–Crippen LogP) is 1.87. The van der Waals surface area contributed by atoms with Crippen LogP contribution in [-0.2, 0) is 14.4 Å². The molecule has 0 fully saturated rings. The number of hydrogen-bond donors (Lipinski definition) is 3. The summed E-state index contributed by atoms with van der Waals surface area (Å²) in [7, 11) is 0. The van der Waals surface area contributed by atoms with Gasteiger partial charge in [0.25, 0.3) is 0 Å². The highest BCUT2D eigenvalue weighted by Crippen LogP contribution is 2.16. The van der Waals surface area contributed by atoms with Crippen LogP contribution in [0.1, 0.15) is 19.8 Å². The van der Waals surface area contributed by atoms with Crippen LogP contribution >= 0.6 is 11.8 Å². The minimum atomic E-state index is -0.982. The highest BCUT2D eigenvalue weighted by Gasteiger charge is 2.18. The first-order valence-corrected chi connectivity index (χ1v) is 8.13. The van der Waals surface area contributed by atoms with Crippen LogP contribution in [0.25, 0.3) is 0 Å². The van der Waals surface area contributed by atoms with Crippen LogP contribution in [-0.4, -0.2) is 40.4 Å². The average Bonchev–Trinajstić information content (AvgIpc) is 2.50. The Morgan fingerprint density at radius 1 is 1.26 bits per heavy atom. The van der Waals surface area contributed by atoms with Crippen molar-refractivity contribution in [3.8, 4) is 0 Å². The molecule has 0 bridgehead atoms. The third-order valence-electron chi connectivity index (χ3n) is 2.84. The van der Waals surface area contributed by atoms with Crippen LogP contribution in [0, 0.1) is 5.82 Å². The number of nitrogens with one attached hydrogen (secondary N) is 2. The summed E-state index contributed by atoms with van der Waals surface area (Å²) >= 11 is 1.17. The molecule has 126 valence electrons. The van der Waals surface area contributed by atoms with E-state index >= 15 is 0 Å². The molecule has 1 aromatic carbocycles. The Morgan fingerprint density at radius 2 is 1.91 bits per heavy atom. The molecule has 8 heteroatoms. The Hall–Kier alpha value is -2.09. The number of carbonyl (C=O) groups is 3. The smallest absolute Gasteiger partial charge is 0.305 e. The Kier molecular flexibility index (Phi) is 8.10. The monoisotopic (exact) mass is 342 g/mol. The minimum absolute atomic E-state index is 0.0625. The van der Waals surface area contributed by atoms with E-state index in [9.17, 15) is 18.8 Å². The first-order chi connectivity index (χ1) is 10.9. The zero-order chi connectivity index (χ0) is 17.2. The molecule has 0 aliphatic rings. The normalized spacial score (nSPS) is 11.6. The third-order valence-corrected chi connectivity index (χ3v) is 4.22. The third kappa shape index (κ3) is 7.64. The number of carbonyl (C=O) groups excluding carboxylic acids is 2. The maximum Gasteiger partial charge on any atom is 0.305 e. The lowest BCUT2D eigenvalue weighted by atomic mass is 10.3. The summed E-state index contributed by atoms with van der Waals surface area (Å²) in [5, 5.41) is 13.2. The van der Waals surface area contributed by atoms with E-state index in [1.807, 2.05) is 6.92 Å². The number of anilines is 1. The highest BCUT2D eigenvalue weighted by atomic mass is 32.2. The van der Waals surface area contributed by atoms with Crippen molar-refractivity contribution in [1.29, 1.82) is 0 Å². The zero-order valence-electron chi connectivity index (χ0n) is 12.7. The summed E-state index contributed by atoms with van der Waals surface area (Å²) < 4.78 is 12.8. The molecule has 23 heavy (non-hydrogen) atoms. The van der Waals surface area contributed by atoms with E-state index in [0.29, 0.717) is 12.1 Å². The van der Waals surface area contributed by atoms with Crippen molar-refractivity contribution >= 4 is 35.2 Å². The standard InChI is InChI=1S/C15H19FN2O4S/c1-2-12(15(22)17-8-7-14(20)21)23-9-13(19)18-11-5-3-10(16)4-6-11/h3-6,12H,2,7-9H2,1H3,(H,17,22)(H,18,19)(H,20,21). The Labute approximate surface area is 137 Å². The molecule has 3 N–H and O–H groups in total. The Bertz CT molecular complexity index is 551. The number of halogens is 1. The van der Waals surface area contributed by atoms with Crippen LogP contribution in [0.3, 0.4) is 0 Å². The predicted molar refractivity (Wildman–Crippen MR) is 86.8 cm³/mol. The molecule has 2 amide bonds. The number of amides is 2. The van der Waals surface area contributed by atoms with E-state index in [4.69, 9.17) is 5.11 Å². The second-order valence-corrected chi connectivity index (χ2v) is 5.89. The fourth-order valence-corrected chi connectivity index (χ4v) is 2.59. The molecule has 0 radical (unpaired) electrons. The Balaban J connectivity index is 2.37. The molecule has 0 saturated carbocycles. The number of aliphatic carboxylic acids is 1. The van der Waals surface area contributed by atoms with Crippen LogP contribution in [0.15, 0.2) is 24.3 Å². The molecule has 1 rings (SSSR count). The molecule has 0 spiro atoms. The van der Waals surface area contributed by atoms with Gasteiger partial charge in [-0.2, -0.15) is 0 Å². The largest absolute Gasteiger partial charge is 0.481 e. The number of thioether (sulfide) groups is 1. The molecule has 0 saturated heterocycles. The van der Waals surface area contributed by atoms with Crippen LogP contribution < -0.4 is 10.6 Å². The second-order valence-electron chi connectivity index (χ2n) is 4.70. The topological polar surface area (TPSA) is 95.5 Å². The van der Waals surface area contributed by atoms with Crippen molar-refractivity contribution in [2.24, 2.45) is 0 Å². The Morgan fingerprint density at radius 3 is 2.48 bits per heavy atom. The van der Waals surface area contributed by atoms with Crippen molar-refractivity contribution in [2.75, 3.05) is 17.6 Å². The van der Waals surface area contributed by atoms with Gasteiger partial charge in [0.1, 0.15) is 5.82 Å². The number of hydrogen-bond acceptors (Lipinski definition) is 4. The van der Waals surface area contributed by atoms with Crippen molar-refractivity contribution < 1.29 is 23.9 Å². The van der Waals surface area contributed by atoms with Crippen molar-refractivity contribution in [3.05, 3.63) is 30.1 Å². The minimum Gasteiger partial charge on any atom is -0.481 e. The van der Waals surface area contributed by atoms with Gasteiger partial charge in [-0.1, -0.05) is 6.92 Å². The molecule has 0 aliphatic heterocycles. The van der Waals surface area contributed by atoms with Gasteiger partial charge in [0.2, 0.25) is 11.8 Å². The summed E-state index contributed by atoms with van der Waals surface area (Å²) in [6.07, 6.45) is 0.380. The molecule has 1 aromatic rings. The number of carboxylic acids is 1. The van der Waals surface area contributed by atoms with Gasteiger partial charge in [-0.25, -0.2) is 4.39 Å². The molecule has 0 aromatic heterocycles. The first kappa shape index (κ1) is 19.0. The van der Waals surface area contributed by atoms with E-state index in [2.05, 4.69) is 10.6 Å². The number of benzene rings is 1. The SMILES string of the molecule is CCC(SCC(=O)Nc1ccc(F)cc1)C(=O)NCCC(=O)O. The van der Waals surface area contributed by atoms with Gasteiger partial charge in [0.15, 0.2) is 0 Å². The summed E-state index contributed by atoms with van der Waals surface area (Å²) in [5.41, 5.74) is 0.482. The maximum atomic E-state index is 12.8. The maximum absolute atomic E-state index is 12.8. The zero-order valence-corrected chi connectivity index (χ0v) is 13.5. The van der Waals surface area contributed by atoms with E-state index in [1.54, 1.807) is 0 Å². The fourth-order valence-electron chi connectivity index (χ4n) is 1.69. The molecule has 0 aliphatic carbocycles. The highest BCUT2D eigenvalue weighted by molar-refractivity contribution is 8.01. The van der Waals surface area contributed by atoms with E-state index < -0.39 is 11.2 Å². The van der Waals surface area contributed by atoms with Crippen LogP contribution in [0.4, 0.5) is 10.1 Å². The molecule has 1 atom stereocenters. The van der Waals surface area contributed by atoms with Crippen molar-refractivity contribution in [3.63, 3.8) is 0 Å². The number of carboxylic acid groups (broad SMARTS) is 1. The quantitative estimate of drug-likeness (QED) is 0.637. The van der Waals surface area contributed by atoms with Gasteiger partial charge < -0.3 is 15.7 Å². The summed E-state index contributed by atoms with van der Waals surface area (Å²) in [6.45, 7) is 1.87. The van der Waals surface area contributed by atoms with Gasteiger partial charge in [-0.15, -0.1) is 11.8 Å². The lowest BCUT2D eigenvalue weighted by Gasteiger charge is -2.14. The average molecular weight is 342 g/mol. The summed E-state index contributed by atoms with van der Waals surface area (Å²) in [6, 6.07) is 5.39. The summed E-state index contributed by atoms with van der Waals surface area (Å²) in [4.78, 5) is 34.1. The molecule has 1 unspecified atom stereocenters. The fraction of sp³-hybridized carbons (Fsp3) is 0.400. The van der Waals surface area contributed by atoms with Gasteiger partial charge in [-0.05, 0) is 30.7 Å². The summed E-state index contributed by atoms with van der Waals surface area (Å²) in [5.74, 6) is -1.87.